The predicted molar refractivity (Wildman–Crippen MR) is 49.1 cm³/mol. The Bertz CT molecular complexity index is 276. The van der Waals surface area contributed by atoms with Crippen molar-refractivity contribution >= 4 is 32.8 Å². The van der Waals surface area contributed by atoms with Crippen molar-refractivity contribution in [2.24, 2.45) is 0 Å². The second-order valence-electron chi connectivity index (χ2n) is 2.21. The molecule has 0 fully saturated rings. The van der Waals surface area contributed by atoms with Crippen molar-refractivity contribution in [2.75, 3.05) is 0 Å². The summed E-state index contributed by atoms with van der Waals surface area (Å²) in [5.74, 6) is 0. The molecule has 0 spiro atoms. The first-order valence-electron chi connectivity index (χ1n) is 3.08. The van der Waals surface area contributed by atoms with Crippen molar-refractivity contribution in [3.63, 3.8) is 0 Å². The molecule has 0 atom stereocenters. The highest BCUT2D eigenvalue weighted by Gasteiger charge is 2.08. The van der Waals surface area contributed by atoms with Crippen LogP contribution in [-0.4, -0.2) is 5.24 Å². The van der Waals surface area contributed by atoms with Crippen molar-refractivity contribution in [1.82, 2.24) is 0 Å². The molecule has 0 saturated heterocycles. The van der Waals surface area contributed by atoms with Crippen molar-refractivity contribution in [1.29, 1.82) is 0 Å². The summed E-state index contributed by atoms with van der Waals surface area (Å²) in [7, 11) is 0. The zero-order valence-corrected chi connectivity index (χ0v) is 8.24. The second kappa shape index (κ2) is 3.37. The summed E-state index contributed by atoms with van der Waals surface area (Å²) in [6, 6.07) is 5.51. The minimum Gasteiger partial charge on any atom is -0.276 e. The lowest BCUT2D eigenvalue weighted by atomic mass is 10.1. The Morgan fingerprint density at radius 3 is 2.55 bits per heavy atom. The van der Waals surface area contributed by atoms with E-state index >= 15 is 0 Å². The maximum absolute atomic E-state index is 10.8. The van der Waals surface area contributed by atoms with Crippen LogP contribution in [0.3, 0.4) is 0 Å². The molecule has 0 radical (unpaired) electrons. The molecule has 0 aliphatic carbocycles. The maximum atomic E-state index is 10.8. The quantitative estimate of drug-likeness (QED) is 0.681. The molecule has 0 N–H and O–H groups in total. The summed E-state index contributed by atoms with van der Waals surface area (Å²) in [5.41, 5.74) is 1.44. The van der Waals surface area contributed by atoms with Gasteiger partial charge in [0.05, 0.1) is 5.56 Å². The fourth-order valence-corrected chi connectivity index (χ4v) is 1.89. The minimum atomic E-state index is -0.421. The van der Waals surface area contributed by atoms with Gasteiger partial charge in [0.2, 0.25) is 0 Å². The van der Waals surface area contributed by atoms with Crippen LogP contribution in [0.25, 0.3) is 0 Å². The fraction of sp³-hybridized carbons (Fsp3) is 0.125. The molecular weight excluding hydrogens is 227 g/mol. The van der Waals surface area contributed by atoms with Gasteiger partial charge in [0.25, 0.3) is 5.24 Å². The van der Waals surface area contributed by atoms with Gasteiger partial charge in [-0.1, -0.05) is 12.1 Å². The molecule has 0 unspecified atom stereocenters. The molecule has 0 amide bonds. The Labute approximate surface area is 78.5 Å². The zero-order chi connectivity index (χ0) is 8.43. The Morgan fingerprint density at radius 1 is 1.55 bits per heavy atom. The third-order valence-corrected chi connectivity index (χ3v) is 2.27. The van der Waals surface area contributed by atoms with Gasteiger partial charge in [-0.15, -0.1) is 0 Å². The smallest absolute Gasteiger partial charge is 0.253 e. The van der Waals surface area contributed by atoms with Crippen LogP contribution in [0.1, 0.15) is 15.9 Å². The van der Waals surface area contributed by atoms with Gasteiger partial charge in [0, 0.05) is 4.47 Å². The van der Waals surface area contributed by atoms with E-state index in [4.69, 9.17) is 11.6 Å². The van der Waals surface area contributed by atoms with E-state index in [-0.39, 0.29) is 0 Å². The predicted octanol–water partition coefficient (Wildman–Crippen LogP) is 3.14. The molecule has 11 heavy (non-hydrogen) atoms. The number of benzene rings is 1. The van der Waals surface area contributed by atoms with Crippen LogP contribution < -0.4 is 0 Å². The van der Waals surface area contributed by atoms with Crippen LogP contribution in [0.5, 0.6) is 0 Å². The average molecular weight is 233 g/mol. The average Bonchev–Trinajstić information content (AvgIpc) is 1.85. The number of carbonyl (C=O) groups is 1. The van der Waals surface area contributed by atoms with Crippen LogP contribution in [0.2, 0.25) is 0 Å². The van der Waals surface area contributed by atoms with E-state index in [2.05, 4.69) is 15.9 Å². The summed E-state index contributed by atoms with van der Waals surface area (Å²) in [6.07, 6.45) is 0. The van der Waals surface area contributed by atoms with E-state index in [1.54, 1.807) is 6.07 Å². The lowest BCUT2D eigenvalue weighted by Crippen LogP contribution is -1.93. The molecule has 1 nitrogen and oxygen atoms in total. The SMILES string of the molecule is Cc1cccc(Br)c1C(=O)Cl. The van der Waals surface area contributed by atoms with Gasteiger partial charge in [-0.3, -0.25) is 4.79 Å². The molecule has 0 aliphatic heterocycles. The first-order valence-corrected chi connectivity index (χ1v) is 4.25. The van der Waals surface area contributed by atoms with Gasteiger partial charge >= 0.3 is 0 Å². The number of hydrogen-bond acceptors (Lipinski definition) is 1. The van der Waals surface area contributed by atoms with Crippen LogP contribution in [0, 0.1) is 6.92 Å². The minimum absolute atomic E-state index is 0.421. The van der Waals surface area contributed by atoms with Crippen molar-refractivity contribution < 1.29 is 4.79 Å². The summed E-state index contributed by atoms with van der Waals surface area (Å²) >= 11 is 8.59. The molecule has 0 aliphatic rings. The standard InChI is InChI=1S/C8H6BrClO/c1-5-3-2-4-6(9)7(5)8(10)11/h2-4H,1H3. The fourth-order valence-electron chi connectivity index (χ4n) is 0.881. The Hall–Kier alpha value is -0.340. The van der Waals surface area contributed by atoms with Crippen LogP contribution in [0.15, 0.2) is 22.7 Å². The lowest BCUT2D eigenvalue weighted by Gasteiger charge is -2.01. The van der Waals surface area contributed by atoms with Gasteiger partial charge in [-0.2, -0.15) is 0 Å². The molecule has 0 bridgehead atoms. The Morgan fingerprint density at radius 2 is 2.18 bits per heavy atom. The summed E-state index contributed by atoms with van der Waals surface area (Å²) < 4.78 is 0.748. The van der Waals surface area contributed by atoms with Crippen molar-refractivity contribution in [3.05, 3.63) is 33.8 Å². The molecule has 0 aromatic heterocycles. The van der Waals surface area contributed by atoms with Gasteiger partial charge in [0.1, 0.15) is 0 Å². The van der Waals surface area contributed by atoms with E-state index < -0.39 is 5.24 Å². The van der Waals surface area contributed by atoms with E-state index in [9.17, 15) is 4.79 Å². The maximum Gasteiger partial charge on any atom is 0.253 e. The van der Waals surface area contributed by atoms with E-state index in [0.29, 0.717) is 5.56 Å². The summed E-state index contributed by atoms with van der Waals surface area (Å²) in [4.78, 5) is 10.8. The number of rotatable bonds is 1. The van der Waals surface area contributed by atoms with E-state index in [1.165, 1.54) is 0 Å². The number of aryl methyl sites for hydroxylation is 1. The molecule has 1 aromatic rings. The van der Waals surface area contributed by atoms with Crippen LogP contribution in [-0.2, 0) is 0 Å². The highest BCUT2D eigenvalue weighted by molar-refractivity contribution is 9.10. The largest absolute Gasteiger partial charge is 0.276 e. The van der Waals surface area contributed by atoms with Gasteiger partial charge < -0.3 is 0 Å². The molecule has 0 heterocycles. The van der Waals surface area contributed by atoms with E-state index in [1.807, 2.05) is 19.1 Å². The number of halogens is 2. The topological polar surface area (TPSA) is 17.1 Å². The zero-order valence-electron chi connectivity index (χ0n) is 5.90. The normalized spacial score (nSPS) is 9.73. The highest BCUT2D eigenvalue weighted by Crippen LogP contribution is 2.21. The van der Waals surface area contributed by atoms with Crippen molar-refractivity contribution in [2.45, 2.75) is 6.92 Å². The highest BCUT2D eigenvalue weighted by atomic mass is 79.9. The first-order chi connectivity index (χ1) is 5.13. The molecule has 3 heteroatoms. The first kappa shape index (κ1) is 8.75. The second-order valence-corrected chi connectivity index (χ2v) is 3.40. The molecule has 0 saturated carbocycles. The Balaban J connectivity index is 3.32. The van der Waals surface area contributed by atoms with Crippen LogP contribution >= 0.6 is 27.5 Å². The molecular formula is C8H6BrClO. The van der Waals surface area contributed by atoms with Gasteiger partial charge in [-0.05, 0) is 46.1 Å². The monoisotopic (exact) mass is 232 g/mol. The van der Waals surface area contributed by atoms with Crippen molar-refractivity contribution in [3.8, 4) is 0 Å². The lowest BCUT2D eigenvalue weighted by molar-refractivity contribution is 0.108. The Kier molecular flexibility index (Phi) is 2.68. The van der Waals surface area contributed by atoms with Gasteiger partial charge in [0.15, 0.2) is 0 Å². The summed E-state index contributed by atoms with van der Waals surface area (Å²) in [6.45, 7) is 1.85. The number of hydrogen-bond donors (Lipinski definition) is 0. The number of carbonyl (C=O) groups excluding carboxylic acids is 1. The summed E-state index contributed by atoms with van der Waals surface area (Å²) in [5, 5.41) is -0.421. The third-order valence-electron chi connectivity index (χ3n) is 1.42. The molecule has 1 aromatic carbocycles. The molecule has 58 valence electrons. The molecule has 1 rings (SSSR count). The van der Waals surface area contributed by atoms with Crippen LogP contribution in [0.4, 0.5) is 0 Å². The van der Waals surface area contributed by atoms with E-state index in [0.717, 1.165) is 10.0 Å². The third kappa shape index (κ3) is 1.82. The van der Waals surface area contributed by atoms with Gasteiger partial charge in [-0.25, -0.2) is 0 Å².